The SMILES string of the molecule is C[C@@](CO)(NC(=O)NC[C@@H]1CCS(=O)(=O)C1)C1CCCCC1. The maximum Gasteiger partial charge on any atom is 0.315 e. The van der Waals surface area contributed by atoms with Gasteiger partial charge >= 0.3 is 6.03 Å². The number of aliphatic hydroxyl groups excluding tert-OH is 1. The summed E-state index contributed by atoms with van der Waals surface area (Å²) in [6.45, 7) is 2.18. The molecular weight excluding hydrogens is 304 g/mol. The fourth-order valence-corrected chi connectivity index (χ4v) is 5.45. The first-order valence-corrected chi connectivity index (χ1v) is 10.0. The van der Waals surface area contributed by atoms with Crippen LogP contribution in [0.25, 0.3) is 0 Å². The zero-order chi connectivity index (χ0) is 16.2. The van der Waals surface area contributed by atoms with Gasteiger partial charge in [0.2, 0.25) is 0 Å². The summed E-state index contributed by atoms with van der Waals surface area (Å²) in [4.78, 5) is 12.1. The minimum absolute atomic E-state index is 0.00538. The molecule has 0 aromatic carbocycles. The number of sulfone groups is 1. The maximum absolute atomic E-state index is 12.1. The van der Waals surface area contributed by atoms with Gasteiger partial charge in [0.15, 0.2) is 9.84 Å². The van der Waals surface area contributed by atoms with Crippen LogP contribution < -0.4 is 10.6 Å². The number of hydrogen-bond donors (Lipinski definition) is 3. The third-order valence-corrected chi connectivity index (χ3v) is 6.95. The molecule has 1 saturated heterocycles. The Balaban J connectivity index is 1.81. The Morgan fingerprint density at radius 2 is 1.91 bits per heavy atom. The maximum atomic E-state index is 12.1. The minimum Gasteiger partial charge on any atom is -0.394 e. The summed E-state index contributed by atoms with van der Waals surface area (Å²) in [5.74, 6) is 0.680. The molecule has 22 heavy (non-hydrogen) atoms. The summed E-state index contributed by atoms with van der Waals surface area (Å²) < 4.78 is 22.8. The Hall–Kier alpha value is -0.820. The van der Waals surface area contributed by atoms with Crippen LogP contribution in [0, 0.1) is 11.8 Å². The van der Waals surface area contributed by atoms with Crippen LogP contribution in [0.4, 0.5) is 4.79 Å². The van der Waals surface area contributed by atoms with Crippen molar-refractivity contribution >= 4 is 15.9 Å². The molecule has 1 heterocycles. The van der Waals surface area contributed by atoms with Gasteiger partial charge in [0.25, 0.3) is 0 Å². The van der Waals surface area contributed by atoms with Crippen molar-refractivity contribution in [2.24, 2.45) is 11.8 Å². The molecule has 2 atom stereocenters. The third kappa shape index (κ3) is 4.59. The van der Waals surface area contributed by atoms with Crippen LogP contribution in [0.1, 0.15) is 45.4 Å². The Morgan fingerprint density at radius 1 is 1.23 bits per heavy atom. The van der Waals surface area contributed by atoms with Crippen molar-refractivity contribution in [1.29, 1.82) is 0 Å². The van der Waals surface area contributed by atoms with Crippen molar-refractivity contribution in [2.75, 3.05) is 24.7 Å². The predicted octanol–water partition coefficient (Wildman–Crippen LogP) is 1.05. The second kappa shape index (κ2) is 7.17. The van der Waals surface area contributed by atoms with Crippen molar-refractivity contribution in [2.45, 2.75) is 51.0 Å². The first-order valence-electron chi connectivity index (χ1n) is 8.22. The van der Waals surface area contributed by atoms with Crippen molar-refractivity contribution in [3.05, 3.63) is 0 Å². The van der Waals surface area contributed by atoms with Gasteiger partial charge in [-0.25, -0.2) is 13.2 Å². The summed E-state index contributed by atoms with van der Waals surface area (Å²) >= 11 is 0. The smallest absolute Gasteiger partial charge is 0.315 e. The molecule has 0 bridgehead atoms. The van der Waals surface area contributed by atoms with Gasteiger partial charge < -0.3 is 15.7 Å². The summed E-state index contributed by atoms with van der Waals surface area (Å²) in [5.41, 5.74) is -0.605. The fraction of sp³-hybridized carbons (Fsp3) is 0.933. The molecule has 1 saturated carbocycles. The van der Waals surface area contributed by atoms with E-state index in [2.05, 4.69) is 10.6 Å². The van der Waals surface area contributed by atoms with E-state index in [-0.39, 0.29) is 30.1 Å². The quantitative estimate of drug-likeness (QED) is 0.701. The summed E-state index contributed by atoms with van der Waals surface area (Å²) in [7, 11) is -2.91. The van der Waals surface area contributed by atoms with Gasteiger partial charge in [0.1, 0.15) is 0 Å². The van der Waals surface area contributed by atoms with Crippen LogP contribution in [-0.4, -0.2) is 49.8 Å². The van der Waals surface area contributed by atoms with Gasteiger partial charge in [-0.3, -0.25) is 0 Å². The average molecular weight is 332 g/mol. The summed E-state index contributed by atoms with van der Waals surface area (Å²) in [6.07, 6.45) is 6.17. The highest BCUT2D eigenvalue weighted by molar-refractivity contribution is 7.91. The number of amides is 2. The molecule has 0 aromatic rings. The predicted molar refractivity (Wildman–Crippen MR) is 85.4 cm³/mol. The molecule has 2 fully saturated rings. The number of hydrogen-bond acceptors (Lipinski definition) is 4. The standard InChI is InChI=1S/C15H28N2O4S/c1-15(11-18,13-5-3-2-4-6-13)17-14(19)16-9-12-7-8-22(20,21)10-12/h12-13,18H,2-11H2,1H3,(H2,16,17,19)/t12-,15-/m0/s1. The number of rotatable bonds is 5. The fourth-order valence-electron chi connectivity index (χ4n) is 3.58. The largest absolute Gasteiger partial charge is 0.394 e. The molecule has 2 aliphatic rings. The van der Waals surface area contributed by atoms with Gasteiger partial charge in [-0.15, -0.1) is 0 Å². The van der Waals surface area contributed by atoms with Gasteiger partial charge in [0, 0.05) is 6.54 Å². The van der Waals surface area contributed by atoms with E-state index in [1.807, 2.05) is 6.92 Å². The lowest BCUT2D eigenvalue weighted by atomic mass is 9.76. The monoisotopic (exact) mass is 332 g/mol. The molecule has 1 aliphatic heterocycles. The van der Waals surface area contributed by atoms with Crippen molar-refractivity contribution in [3.63, 3.8) is 0 Å². The van der Waals surface area contributed by atoms with Crippen LogP contribution in [0.3, 0.4) is 0 Å². The lowest BCUT2D eigenvalue weighted by molar-refractivity contribution is 0.101. The molecule has 3 N–H and O–H groups in total. The Kier molecular flexibility index (Phi) is 5.71. The molecule has 1 aliphatic carbocycles. The lowest BCUT2D eigenvalue weighted by Crippen LogP contribution is -2.57. The van der Waals surface area contributed by atoms with E-state index in [9.17, 15) is 18.3 Å². The number of nitrogens with one attached hydrogen (secondary N) is 2. The van der Waals surface area contributed by atoms with E-state index < -0.39 is 15.4 Å². The van der Waals surface area contributed by atoms with E-state index >= 15 is 0 Å². The molecule has 7 heteroatoms. The number of urea groups is 1. The van der Waals surface area contributed by atoms with E-state index in [1.54, 1.807) is 0 Å². The van der Waals surface area contributed by atoms with Crippen LogP contribution in [0.15, 0.2) is 0 Å². The average Bonchev–Trinajstić information content (AvgIpc) is 2.85. The van der Waals surface area contributed by atoms with Gasteiger partial charge in [-0.05, 0) is 38.0 Å². The molecule has 128 valence electrons. The van der Waals surface area contributed by atoms with Gasteiger partial charge in [-0.2, -0.15) is 0 Å². The first kappa shape index (κ1) is 17.5. The van der Waals surface area contributed by atoms with E-state index in [0.717, 1.165) is 25.7 Å². The number of carbonyl (C=O) groups excluding carboxylic acids is 1. The van der Waals surface area contributed by atoms with Crippen LogP contribution in [-0.2, 0) is 9.84 Å². The zero-order valence-corrected chi connectivity index (χ0v) is 14.1. The van der Waals surface area contributed by atoms with Crippen molar-refractivity contribution in [1.82, 2.24) is 10.6 Å². The molecule has 0 unspecified atom stereocenters. The molecule has 0 radical (unpaired) electrons. The molecule has 2 amide bonds. The first-order chi connectivity index (χ1) is 10.3. The zero-order valence-electron chi connectivity index (χ0n) is 13.3. The third-order valence-electron chi connectivity index (χ3n) is 5.11. The normalized spacial score (nSPS) is 28.0. The van der Waals surface area contributed by atoms with E-state index in [4.69, 9.17) is 0 Å². The Labute approximate surface area is 133 Å². The second-order valence-electron chi connectivity index (χ2n) is 7.01. The topological polar surface area (TPSA) is 95.5 Å². The van der Waals surface area contributed by atoms with Crippen LogP contribution in [0.5, 0.6) is 0 Å². The summed E-state index contributed by atoms with van der Waals surface area (Å²) in [5, 5.41) is 15.4. The van der Waals surface area contributed by atoms with Gasteiger partial charge in [0.05, 0.1) is 23.7 Å². The number of carbonyl (C=O) groups is 1. The van der Waals surface area contributed by atoms with Crippen LogP contribution >= 0.6 is 0 Å². The minimum atomic E-state index is -2.91. The highest BCUT2D eigenvalue weighted by atomic mass is 32.2. The molecule has 0 spiro atoms. The number of aliphatic hydroxyl groups is 1. The van der Waals surface area contributed by atoms with Crippen molar-refractivity contribution in [3.8, 4) is 0 Å². The molecule has 0 aromatic heterocycles. The molecule has 2 rings (SSSR count). The molecule has 6 nitrogen and oxygen atoms in total. The van der Waals surface area contributed by atoms with Gasteiger partial charge in [-0.1, -0.05) is 19.3 Å². The van der Waals surface area contributed by atoms with E-state index in [0.29, 0.717) is 18.9 Å². The Morgan fingerprint density at radius 3 is 2.45 bits per heavy atom. The highest BCUT2D eigenvalue weighted by Gasteiger charge is 2.36. The van der Waals surface area contributed by atoms with Crippen molar-refractivity contribution < 1.29 is 18.3 Å². The Bertz CT molecular complexity index is 488. The molecular formula is C15H28N2O4S. The van der Waals surface area contributed by atoms with Crippen LogP contribution in [0.2, 0.25) is 0 Å². The van der Waals surface area contributed by atoms with E-state index in [1.165, 1.54) is 6.42 Å². The highest BCUT2D eigenvalue weighted by Crippen LogP contribution is 2.32. The summed E-state index contributed by atoms with van der Waals surface area (Å²) in [6, 6.07) is -0.313. The lowest BCUT2D eigenvalue weighted by Gasteiger charge is -2.39. The second-order valence-corrected chi connectivity index (χ2v) is 9.24.